The van der Waals surface area contributed by atoms with Crippen LogP contribution in [0, 0.1) is 0 Å². The van der Waals surface area contributed by atoms with Crippen LogP contribution >= 0.6 is 0 Å². The number of hydrogen-bond acceptors (Lipinski definition) is 6. The summed E-state index contributed by atoms with van der Waals surface area (Å²) in [5, 5.41) is 2.59. The molecule has 0 unspecified atom stereocenters. The lowest BCUT2D eigenvalue weighted by atomic mass is 10.3. The van der Waals surface area contributed by atoms with Gasteiger partial charge in [-0.2, -0.15) is 0 Å². The van der Waals surface area contributed by atoms with E-state index in [2.05, 4.69) is 5.32 Å². The van der Waals surface area contributed by atoms with Gasteiger partial charge < -0.3 is 14.8 Å². The normalized spacial score (nSPS) is 11.4. The lowest BCUT2D eigenvalue weighted by Crippen LogP contribution is -2.34. The number of methoxy groups -OCH3 is 1. The predicted octanol–water partition coefficient (Wildman–Crippen LogP) is 0.116. The van der Waals surface area contributed by atoms with Gasteiger partial charge in [0.1, 0.15) is 12.3 Å². The second-order valence-corrected chi connectivity index (χ2v) is 5.09. The van der Waals surface area contributed by atoms with Crippen LogP contribution in [-0.2, 0) is 20.9 Å². The van der Waals surface area contributed by atoms with E-state index >= 15 is 0 Å². The summed E-state index contributed by atoms with van der Waals surface area (Å²) in [4.78, 5) is 48.3. The zero-order chi connectivity index (χ0) is 18.4. The van der Waals surface area contributed by atoms with Crippen molar-refractivity contribution in [2.24, 2.45) is 0 Å². The minimum absolute atomic E-state index is 0.421. The van der Waals surface area contributed by atoms with E-state index < -0.39 is 35.8 Å². The van der Waals surface area contributed by atoms with E-state index in [9.17, 15) is 19.2 Å². The number of nitrogens with one attached hydrogen (secondary N) is 2. The van der Waals surface area contributed by atoms with Gasteiger partial charge in [0, 0.05) is 18.0 Å². The Kier molecular flexibility index (Phi) is 5.72. The van der Waals surface area contributed by atoms with Gasteiger partial charge in [0.2, 0.25) is 0 Å². The predicted molar refractivity (Wildman–Crippen MR) is 88.5 cm³/mol. The van der Waals surface area contributed by atoms with Crippen LogP contribution in [0.3, 0.4) is 0 Å². The summed E-state index contributed by atoms with van der Waals surface area (Å²) < 4.78 is 11.0. The minimum atomic E-state index is -1.06. The molecule has 1 aromatic carbocycles. The highest BCUT2D eigenvalue weighted by molar-refractivity contribution is 5.95. The number of aromatic amines is 1. The zero-order valence-electron chi connectivity index (χ0n) is 13.6. The van der Waals surface area contributed by atoms with Crippen LogP contribution in [0.1, 0.15) is 6.92 Å². The number of hydrogen-bond donors (Lipinski definition) is 2. The highest BCUT2D eigenvalue weighted by Crippen LogP contribution is 2.15. The fourth-order valence-electron chi connectivity index (χ4n) is 1.91. The molecule has 0 aliphatic carbocycles. The summed E-state index contributed by atoms with van der Waals surface area (Å²) in [5.74, 6) is -0.664. The molecule has 0 radical (unpaired) electrons. The molecule has 2 aromatic rings. The lowest BCUT2D eigenvalue weighted by Gasteiger charge is -2.14. The van der Waals surface area contributed by atoms with Gasteiger partial charge in [-0.25, -0.2) is 4.79 Å². The summed E-state index contributed by atoms with van der Waals surface area (Å²) in [5.41, 5.74) is -0.785. The van der Waals surface area contributed by atoms with Gasteiger partial charge >= 0.3 is 11.7 Å². The van der Waals surface area contributed by atoms with Crippen molar-refractivity contribution >= 4 is 17.6 Å². The van der Waals surface area contributed by atoms with Crippen molar-refractivity contribution in [2.45, 2.75) is 19.6 Å². The van der Waals surface area contributed by atoms with Crippen molar-refractivity contribution in [2.75, 3.05) is 12.4 Å². The number of H-pyrrole nitrogens is 1. The fourth-order valence-corrected chi connectivity index (χ4v) is 1.91. The van der Waals surface area contributed by atoms with Crippen molar-refractivity contribution in [3.05, 3.63) is 57.4 Å². The quantitative estimate of drug-likeness (QED) is 0.716. The number of carbonyl (C=O) groups is 2. The average Bonchev–Trinajstić information content (AvgIpc) is 2.58. The van der Waals surface area contributed by atoms with E-state index in [0.29, 0.717) is 11.4 Å². The van der Waals surface area contributed by atoms with Gasteiger partial charge in [0.05, 0.1) is 7.11 Å². The Balaban J connectivity index is 1.92. The van der Waals surface area contributed by atoms with Gasteiger partial charge in [-0.1, -0.05) is 0 Å². The number of amides is 1. The van der Waals surface area contributed by atoms with Crippen molar-refractivity contribution < 1.29 is 19.1 Å². The molecule has 0 aliphatic heterocycles. The molecule has 2 rings (SSSR count). The number of nitrogens with zero attached hydrogens (tertiary/aromatic N) is 1. The van der Waals surface area contributed by atoms with Gasteiger partial charge in [-0.05, 0) is 31.2 Å². The topological polar surface area (TPSA) is 119 Å². The Labute approximate surface area is 142 Å². The van der Waals surface area contributed by atoms with E-state index in [1.165, 1.54) is 20.2 Å². The van der Waals surface area contributed by atoms with Crippen LogP contribution < -0.4 is 21.3 Å². The number of aromatic nitrogens is 2. The van der Waals surface area contributed by atoms with E-state index in [1.54, 1.807) is 24.3 Å². The standard InChI is InChI=1S/C16H17N3O6/c1-10(15(22)17-11-3-5-12(24-2)6-4-11)25-14(21)9-19-8-7-13(20)18-16(19)23/h3-8,10H,9H2,1-2H3,(H,17,22)(H,18,20,23)/t10-/m1/s1. The van der Waals surface area contributed by atoms with Gasteiger partial charge in [0.15, 0.2) is 6.10 Å². The van der Waals surface area contributed by atoms with E-state index in [0.717, 1.165) is 10.6 Å². The molecule has 0 aliphatic rings. The van der Waals surface area contributed by atoms with Gasteiger partial charge in [0.25, 0.3) is 11.5 Å². The molecule has 2 N–H and O–H groups in total. The van der Waals surface area contributed by atoms with Crippen molar-refractivity contribution in [1.82, 2.24) is 9.55 Å². The smallest absolute Gasteiger partial charge is 0.328 e. The second kappa shape index (κ2) is 7.95. The summed E-state index contributed by atoms with van der Waals surface area (Å²) >= 11 is 0. The minimum Gasteiger partial charge on any atom is -0.497 e. The average molecular weight is 347 g/mol. The largest absolute Gasteiger partial charge is 0.497 e. The number of ether oxygens (including phenoxy) is 2. The highest BCUT2D eigenvalue weighted by Gasteiger charge is 2.18. The third-order valence-electron chi connectivity index (χ3n) is 3.23. The van der Waals surface area contributed by atoms with Crippen molar-refractivity contribution in [3.8, 4) is 5.75 Å². The maximum Gasteiger partial charge on any atom is 0.328 e. The maximum absolute atomic E-state index is 12.0. The first-order chi connectivity index (χ1) is 11.9. The summed E-state index contributed by atoms with van der Waals surface area (Å²) in [7, 11) is 1.53. The van der Waals surface area contributed by atoms with Crippen molar-refractivity contribution in [3.63, 3.8) is 0 Å². The van der Waals surface area contributed by atoms with Crippen LogP contribution in [0.4, 0.5) is 5.69 Å². The molecular formula is C16H17N3O6. The third kappa shape index (κ3) is 5.06. The molecule has 9 nitrogen and oxygen atoms in total. The second-order valence-electron chi connectivity index (χ2n) is 5.09. The fraction of sp³-hybridized carbons (Fsp3) is 0.250. The summed E-state index contributed by atoms with van der Waals surface area (Å²) in [6.45, 7) is 0.988. The third-order valence-corrected chi connectivity index (χ3v) is 3.23. The lowest BCUT2D eigenvalue weighted by molar-refractivity contribution is -0.153. The zero-order valence-corrected chi connectivity index (χ0v) is 13.6. The molecule has 1 atom stereocenters. The first-order valence-corrected chi connectivity index (χ1v) is 7.33. The number of benzene rings is 1. The first-order valence-electron chi connectivity index (χ1n) is 7.33. The van der Waals surface area contributed by atoms with Crippen LogP contribution in [0.5, 0.6) is 5.75 Å². The molecule has 132 valence electrons. The Bertz CT molecular complexity index is 868. The summed E-state index contributed by atoms with van der Waals surface area (Å²) in [6.07, 6.45) is 0.109. The molecular weight excluding hydrogens is 330 g/mol. The van der Waals surface area contributed by atoms with Crippen LogP contribution in [0.15, 0.2) is 46.1 Å². The molecule has 1 aromatic heterocycles. The van der Waals surface area contributed by atoms with Gasteiger partial charge in [-0.15, -0.1) is 0 Å². The molecule has 9 heteroatoms. The Hall–Kier alpha value is -3.36. The molecule has 0 bridgehead atoms. The van der Waals surface area contributed by atoms with E-state index in [4.69, 9.17) is 9.47 Å². The first kappa shape index (κ1) is 18.0. The number of carbonyl (C=O) groups excluding carboxylic acids is 2. The monoisotopic (exact) mass is 347 g/mol. The molecule has 0 saturated carbocycles. The van der Waals surface area contributed by atoms with Crippen LogP contribution in [-0.4, -0.2) is 34.6 Å². The Morgan fingerprint density at radius 3 is 2.48 bits per heavy atom. The van der Waals surface area contributed by atoms with Crippen LogP contribution in [0.25, 0.3) is 0 Å². The Morgan fingerprint density at radius 1 is 1.20 bits per heavy atom. The highest BCUT2D eigenvalue weighted by atomic mass is 16.5. The van der Waals surface area contributed by atoms with Crippen molar-refractivity contribution in [1.29, 1.82) is 0 Å². The molecule has 0 spiro atoms. The maximum atomic E-state index is 12.0. The SMILES string of the molecule is COc1ccc(NC(=O)[C@@H](C)OC(=O)Cn2ccc(=O)[nH]c2=O)cc1. The van der Waals surface area contributed by atoms with E-state index in [1.807, 2.05) is 4.98 Å². The number of anilines is 1. The molecule has 25 heavy (non-hydrogen) atoms. The number of esters is 1. The molecule has 0 fully saturated rings. The molecule has 0 saturated heterocycles. The Morgan fingerprint density at radius 2 is 1.88 bits per heavy atom. The van der Waals surface area contributed by atoms with Gasteiger partial charge in [-0.3, -0.25) is 23.9 Å². The number of rotatable bonds is 6. The molecule has 1 heterocycles. The summed E-state index contributed by atoms with van der Waals surface area (Å²) in [6, 6.07) is 7.74. The van der Waals surface area contributed by atoms with E-state index in [-0.39, 0.29) is 0 Å². The van der Waals surface area contributed by atoms with Crippen LogP contribution in [0.2, 0.25) is 0 Å². The molecule has 1 amide bonds.